The van der Waals surface area contributed by atoms with Crippen LogP contribution in [0.4, 0.5) is 5.82 Å². The zero-order chi connectivity index (χ0) is 25.6. The van der Waals surface area contributed by atoms with Crippen LogP contribution in [0.15, 0.2) is 63.7 Å². The van der Waals surface area contributed by atoms with E-state index in [0.29, 0.717) is 46.5 Å². The molecule has 0 unspecified atom stereocenters. The van der Waals surface area contributed by atoms with Crippen LogP contribution < -0.4 is 15.6 Å². The Bertz CT molecular complexity index is 1450. The second kappa shape index (κ2) is 9.28. The van der Waals surface area contributed by atoms with Crippen molar-refractivity contribution in [2.45, 2.75) is 57.4 Å². The van der Waals surface area contributed by atoms with Gasteiger partial charge in [-0.3, -0.25) is 9.59 Å². The zero-order valence-corrected chi connectivity index (χ0v) is 22.1. The predicted molar refractivity (Wildman–Crippen MR) is 144 cm³/mol. The first-order valence-electron chi connectivity index (χ1n) is 12.2. The van der Waals surface area contributed by atoms with Gasteiger partial charge < -0.3 is 15.0 Å². The van der Waals surface area contributed by atoms with Crippen LogP contribution in [0.5, 0.6) is 5.75 Å². The number of methoxy groups -OCH3 is 1. The number of anilines is 1. The van der Waals surface area contributed by atoms with Gasteiger partial charge in [-0.2, -0.15) is 0 Å². The number of thioether (sulfide) groups is 1. The van der Waals surface area contributed by atoms with Gasteiger partial charge in [-0.05, 0) is 54.5 Å². The molecule has 1 atom stereocenters. The standard InChI is InChI=1S/C29H31N3O3S/c1-16-9-10-19(17(2)11-16)15-36-28-31-26-25(27(34)32-28)23(18-7-6-8-20(12-18)35-5)24-21(30-26)13-29(3,4)14-22(24)33/h6-12,23H,13-15H2,1-5H3,(H2,30,31,32,34)/t23-/m0/s1. The Balaban J connectivity index is 1.58. The molecule has 1 aliphatic carbocycles. The lowest BCUT2D eigenvalue weighted by Gasteiger charge is -2.38. The number of carbonyl (C=O) groups is 1. The summed E-state index contributed by atoms with van der Waals surface area (Å²) < 4.78 is 5.45. The summed E-state index contributed by atoms with van der Waals surface area (Å²) >= 11 is 1.50. The number of aryl methyl sites for hydroxylation is 2. The third-order valence-electron chi connectivity index (χ3n) is 6.99. The van der Waals surface area contributed by atoms with Crippen molar-refractivity contribution in [2.75, 3.05) is 12.4 Å². The molecule has 2 heterocycles. The van der Waals surface area contributed by atoms with Crippen LogP contribution in [-0.4, -0.2) is 22.9 Å². The number of nitrogens with zero attached hydrogens (tertiary/aromatic N) is 1. The number of aromatic amines is 1. The number of fused-ring (bicyclic) bond motifs is 1. The number of rotatable bonds is 5. The zero-order valence-electron chi connectivity index (χ0n) is 21.3. The number of carbonyl (C=O) groups excluding carboxylic acids is 1. The van der Waals surface area contributed by atoms with Crippen molar-refractivity contribution < 1.29 is 9.53 Å². The maximum atomic E-state index is 13.5. The van der Waals surface area contributed by atoms with Crippen LogP contribution in [0.2, 0.25) is 0 Å². The Hall–Kier alpha value is -3.32. The predicted octanol–water partition coefficient (Wildman–Crippen LogP) is 5.89. The van der Waals surface area contributed by atoms with E-state index in [1.54, 1.807) is 7.11 Å². The number of ether oxygens (including phenoxy) is 1. The number of aromatic nitrogens is 2. The highest BCUT2D eigenvalue weighted by molar-refractivity contribution is 7.98. The van der Waals surface area contributed by atoms with Crippen LogP contribution in [0, 0.1) is 19.3 Å². The Kier molecular flexibility index (Phi) is 6.29. The first kappa shape index (κ1) is 24.4. The Morgan fingerprint density at radius 2 is 1.92 bits per heavy atom. The number of H-pyrrole nitrogens is 1. The van der Waals surface area contributed by atoms with Gasteiger partial charge >= 0.3 is 0 Å². The minimum absolute atomic E-state index is 0.0694. The van der Waals surface area contributed by atoms with Crippen LogP contribution in [0.1, 0.15) is 60.4 Å². The van der Waals surface area contributed by atoms with Crippen LogP contribution in [-0.2, 0) is 10.5 Å². The van der Waals surface area contributed by atoms with Crippen molar-refractivity contribution in [3.8, 4) is 5.75 Å². The number of Topliss-reactive ketones (excluding diaryl/α,β-unsaturated/α-hetero) is 1. The fourth-order valence-electron chi connectivity index (χ4n) is 5.27. The average molecular weight is 502 g/mol. The monoisotopic (exact) mass is 501 g/mol. The third kappa shape index (κ3) is 4.60. The number of nitrogens with one attached hydrogen (secondary N) is 2. The minimum Gasteiger partial charge on any atom is -0.497 e. The third-order valence-corrected chi connectivity index (χ3v) is 7.91. The molecular weight excluding hydrogens is 470 g/mol. The summed E-state index contributed by atoms with van der Waals surface area (Å²) in [4.78, 5) is 34.8. The molecule has 0 saturated heterocycles. The molecule has 0 fully saturated rings. The Labute approximate surface area is 215 Å². The van der Waals surface area contributed by atoms with Gasteiger partial charge in [0, 0.05) is 29.4 Å². The van der Waals surface area contributed by atoms with Crippen molar-refractivity contribution in [3.63, 3.8) is 0 Å². The number of hydrogen-bond acceptors (Lipinski definition) is 6. The molecule has 0 spiro atoms. The molecule has 2 aliphatic rings. The van der Waals surface area contributed by atoms with Gasteiger partial charge in [0.05, 0.1) is 12.7 Å². The van der Waals surface area contributed by atoms with Gasteiger partial charge in [0.15, 0.2) is 10.9 Å². The summed E-state index contributed by atoms with van der Waals surface area (Å²) in [6.45, 7) is 8.38. The summed E-state index contributed by atoms with van der Waals surface area (Å²) in [5.74, 6) is 1.49. The van der Waals surface area contributed by atoms with E-state index in [1.165, 1.54) is 28.5 Å². The SMILES string of the molecule is COc1cccc([C@H]2C3=C(CC(C)(C)CC3=O)Nc3nc(SCc4ccc(C)cc4C)[nH]c(=O)c32)c1. The molecule has 186 valence electrons. The lowest BCUT2D eigenvalue weighted by Crippen LogP contribution is -2.37. The van der Waals surface area contributed by atoms with Crippen molar-refractivity contribution >= 4 is 23.4 Å². The molecule has 3 aromatic rings. The van der Waals surface area contributed by atoms with Crippen molar-refractivity contribution in [1.82, 2.24) is 9.97 Å². The maximum Gasteiger partial charge on any atom is 0.257 e. The van der Waals surface area contributed by atoms with E-state index >= 15 is 0 Å². The molecule has 1 aliphatic heterocycles. The topological polar surface area (TPSA) is 84.1 Å². The Morgan fingerprint density at radius 3 is 2.67 bits per heavy atom. The summed E-state index contributed by atoms with van der Waals surface area (Å²) in [7, 11) is 1.61. The second-order valence-corrected chi connectivity index (χ2v) is 11.5. The first-order valence-corrected chi connectivity index (χ1v) is 13.1. The van der Waals surface area contributed by atoms with Gasteiger partial charge in [-0.15, -0.1) is 0 Å². The summed E-state index contributed by atoms with van der Waals surface area (Å²) in [5, 5.41) is 3.95. The summed E-state index contributed by atoms with van der Waals surface area (Å²) in [5.41, 5.74) is 6.11. The highest BCUT2D eigenvalue weighted by atomic mass is 32.2. The summed E-state index contributed by atoms with van der Waals surface area (Å²) in [6, 6.07) is 14.0. The molecule has 0 radical (unpaired) electrons. The fourth-order valence-corrected chi connectivity index (χ4v) is 6.21. The molecule has 0 saturated carbocycles. The molecule has 0 amide bonds. The molecule has 36 heavy (non-hydrogen) atoms. The lowest BCUT2D eigenvalue weighted by atomic mass is 9.69. The number of ketones is 1. The normalized spacial score (nSPS) is 18.4. The molecule has 0 bridgehead atoms. The number of hydrogen-bond donors (Lipinski definition) is 2. The van der Waals surface area contributed by atoms with E-state index in [-0.39, 0.29) is 16.8 Å². The fraction of sp³-hybridized carbons (Fsp3) is 0.345. The number of allylic oxidation sites excluding steroid dienone is 2. The van der Waals surface area contributed by atoms with Gasteiger partial charge in [0.1, 0.15) is 11.6 Å². The number of benzene rings is 2. The van der Waals surface area contributed by atoms with E-state index in [2.05, 4.69) is 56.2 Å². The quantitative estimate of drug-likeness (QED) is 0.335. The molecule has 7 heteroatoms. The largest absolute Gasteiger partial charge is 0.497 e. The van der Waals surface area contributed by atoms with Gasteiger partial charge in [-0.1, -0.05) is 61.5 Å². The molecule has 2 N–H and O–H groups in total. The minimum atomic E-state index is -0.496. The average Bonchev–Trinajstić information content (AvgIpc) is 2.81. The van der Waals surface area contributed by atoms with Gasteiger partial charge in [0.25, 0.3) is 5.56 Å². The molecule has 2 aromatic carbocycles. The van der Waals surface area contributed by atoms with Crippen molar-refractivity contribution in [1.29, 1.82) is 0 Å². The van der Waals surface area contributed by atoms with Gasteiger partial charge in [-0.25, -0.2) is 4.98 Å². The highest BCUT2D eigenvalue weighted by Gasteiger charge is 2.42. The first-order chi connectivity index (χ1) is 17.1. The molecule has 1 aromatic heterocycles. The van der Waals surface area contributed by atoms with E-state index in [4.69, 9.17) is 9.72 Å². The molecular formula is C29H31N3O3S. The van der Waals surface area contributed by atoms with Crippen molar-refractivity contribution in [3.05, 3.63) is 91.9 Å². The van der Waals surface area contributed by atoms with E-state index in [1.807, 2.05) is 24.3 Å². The van der Waals surface area contributed by atoms with E-state index in [9.17, 15) is 9.59 Å². The maximum absolute atomic E-state index is 13.5. The summed E-state index contributed by atoms with van der Waals surface area (Å²) in [6.07, 6.45) is 1.16. The second-order valence-electron chi connectivity index (χ2n) is 10.5. The molecule has 5 rings (SSSR count). The van der Waals surface area contributed by atoms with Crippen LogP contribution in [0.3, 0.4) is 0 Å². The molecule has 6 nitrogen and oxygen atoms in total. The van der Waals surface area contributed by atoms with E-state index < -0.39 is 5.92 Å². The van der Waals surface area contributed by atoms with Crippen molar-refractivity contribution in [2.24, 2.45) is 5.41 Å². The Morgan fingerprint density at radius 1 is 1.11 bits per heavy atom. The smallest absolute Gasteiger partial charge is 0.257 e. The van der Waals surface area contributed by atoms with Gasteiger partial charge in [0.2, 0.25) is 0 Å². The lowest BCUT2D eigenvalue weighted by molar-refractivity contribution is -0.118. The van der Waals surface area contributed by atoms with E-state index in [0.717, 1.165) is 11.3 Å². The van der Waals surface area contributed by atoms with Crippen LogP contribution >= 0.6 is 11.8 Å². The highest BCUT2D eigenvalue weighted by Crippen LogP contribution is 2.48. The van der Waals surface area contributed by atoms with Crippen LogP contribution in [0.25, 0.3) is 0 Å².